The number of likely N-dealkylation sites (N-methyl/N-ethyl adjacent to an activating group) is 1. The number of hydrogen-bond acceptors (Lipinski definition) is 4. The number of thioether (sulfide) groups is 1. The van der Waals surface area contributed by atoms with E-state index in [0.29, 0.717) is 17.2 Å². The average Bonchev–Trinajstić information content (AvgIpc) is 2.78. The van der Waals surface area contributed by atoms with E-state index in [4.69, 9.17) is 4.42 Å². The molecule has 0 N–H and O–H groups in total. The van der Waals surface area contributed by atoms with E-state index in [1.165, 1.54) is 11.8 Å². The first-order chi connectivity index (χ1) is 7.22. The van der Waals surface area contributed by atoms with Gasteiger partial charge in [-0.25, -0.2) is 0 Å². The van der Waals surface area contributed by atoms with Crippen LogP contribution in [0.4, 0.5) is 0 Å². The lowest BCUT2D eigenvalue weighted by Gasteiger charge is -2.15. The number of thiol groups is 1. The fourth-order valence-corrected chi connectivity index (χ4v) is 2.98. The van der Waals surface area contributed by atoms with E-state index in [0.717, 1.165) is 0 Å². The predicted molar refractivity (Wildman–Crippen MR) is 64.4 cm³/mol. The van der Waals surface area contributed by atoms with Gasteiger partial charge in [0, 0.05) is 6.54 Å². The molecule has 0 aliphatic carbocycles. The fourth-order valence-electron chi connectivity index (χ4n) is 1.37. The molecule has 1 aromatic heterocycles. The Morgan fingerprint density at radius 3 is 3.07 bits per heavy atom. The molecular formula is C10H11NO2S2. The summed E-state index contributed by atoms with van der Waals surface area (Å²) < 4.78 is 5.08. The Balaban J connectivity index is 2.22. The molecule has 2 rings (SSSR count). The van der Waals surface area contributed by atoms with Crippen LogP contribution in [-0.2, 0) is 4.79 Å². The van der Waals surface area contributed by atoms with Crippen molar-refractivity contribution < 1.29 is 9.21 Å². The van der Waals surface area contributed by atoms with Gasteiger partial charge in [0.2, 0.25) is 0 Å². The SMILES string of the molecule is CCN1C(=O)/C(=C\c2ccco2)SC1S. The van der Waals surface area contributed by atoms with Gasteiger partial charge >= 0.3 is 0 Å². The molecule has 0 bridgehead atoms. The van der Waals surface area contributed by atoms with Crippen LogP contribution < -0.4 is 0 Å². The topological polar surface area (TPSA) is 33.5 Å². The Kier molecular flexibility index (Phi) is 3.11. The normalized spacial score (nSPS) is 24.1. The second-order valence-electron chi connectivity index (χ2n) is 3.06. The van der Waals surface area contributed by atoms with Gasteiger partial charge in [0.1, 0.15) is 10.5 Å². The zero-order chi connectivity index (χ0) is 10.8. The van der Waals surface area contributed by atoms with Gasteiger partial charge in [0.05, 0.1) is 11.2 Å². The van der Waals surface area contributed by atoms with Crippen molar-refractivity contribution in [2.24, 2.45) is 0 Å². The van der Waals surface area contributed by atoms with Crippen LogP contribution in [0.15, 0.2) is 27.7 Å². The number of carbonyl (C=O) groups excluding carboxylic acids is 1. The van der Waals surface area contributed by atoms with Gasteiger partial charge in [-0.05, 0) is 25.1 Å². The molecule has 15 heavy (non-hydrogen) atoms. The highest BCUT2D eigenvalue weighted by atomic mass is 32.2. The Hall–Kier alpha value is -0.810. The highest BCUT2D eigenvalue weighted by molar-refractivity contribution is 8.14. The van der Waals surface area contributed by atoms with E-state index in [1.54, 1.807) is 23.3 Å². The minimum Gasteiger partial charge on any atom is -0.465 e. The van der Waals surface area contributed by atoms with Gasteiger partial charge in [-0.2, -0.15) is 0 Å². The van der Waals surface area contributed by atoms with Crippen molar-refractivity contribution in [3.05, 3.63) is 29.1 Å². The smallest absolute Gasteiger partial charge is 0.262 e. The summed E-state index contributed by atoms with van der Waals surface area (Å²) in [7, 11) is 0. The molecular weight excluding hydrogens is 230 g/mol. The van der Waals surface area contributed by atoms with Crippen LogP contribution in [0.2, 0.25) is 0 Å². The largest absolute Gasteiger partial charge is 0.465 e. The highest BCUT2D eigenvalue weighted by Gasteiger charge is 2.32. The first kappa shape index (κ1) is 10.7. The minimum atomic E-state index is -0.0799. The molecule has 1 aromatic rings. The lowest BCUT2D eigenvalue weighted by Crippen LogP contribution is -2.28. The Morgan fingerprint density at radius 2 is 2.53 bits per heavy atom. The van der Waals surface area contributed by atoms with Crippen molar-refractivity contribution in [3.8, 4) is 0 Å². The second kappa shape index (κ2) is 4.37. The van der Waals surface area contributed by atoms with E-state index in [1.807, 2.05) is 13.0 Å². The highest BCUT2D eigenvalue weighted by Crippen LogP contribution is 2.37. The van der Waals surface area contributed by atoms with Gasteiger partial charge in [-0.1, -0.05) is 11.8 Å². The molecule has 0 saturated carbocycles. The molecule has 5 heteroatoms. The minimum absolute atomic E-state index is 0.0268. The van der Waals surface area contributed by atoms with E-state index < -0.39 is 0 Å². The maximum atomic E-state index is 11.8. The van der Waals surface area contributed by atoms with Crippen molar-refractivity contribution in [1.82, 2.24) is 4.90 Å². The zero-order valence-corrected chi connectivity index (χ0v) is 9.92. The maximum absolute atomic E-state index is 11.8. The molecule has 80 valence electrons. The summed E-state index contributed by atoms with van der Waals surface area (Å²) in [6, 6.07) is 3.62. The van der Waals surface area contributed by atoms with Crippen LogP contribution >= 0.6 is 24.4 Å². The third-order valence-electron chi connectivity index (χ3n) is 2.13. The lowest BCUT2D eigenvalue weighted by molar-refractivity contribution is -0.124. The molecule has 1 aliphatic heterocycles. The summed E-state index contributed by atoms with van der Waals surface area (Å²) >= 11 is 5.78. The summed E-state index contributed by atoms with van der Waals surface area (Å²) in [6.07, 6.45) is 3.35. The number of hydrogen-bond donors (Lipinski definition) is 1. The summed E-state index contributed by atoms with van der Waals surface area (Å²) in [5, 5.41) is 0. The fraction of sp³-hybridized carbons (Fsp3) is 0.300. The molecule has 1 unspecified atom stereocenters. The van der Waals surface area contributed by atoms with Gasteiger partial charge in [-0.3, -0.25) is 4.79 Å². The predicted octanol–water partition coefficient (Wildman–Crippen LogP) is 2.43. The maximum Gasteiger partial charge on any atom is 0.262 e. The third kappa shape index (κ3) is 2.08. The van der Waals surface area contributed by atoms with Crippen molar-refractivity contribution in [2.45, 2.75) is 11.6 Å². The average molecular weight is 241 g/mol. The van der Waals surface area contributed by atoms with Crippen molar-refractivity contribution >= 4 is 36.4 Å². The van der Waals surface area contributed by atoms with Crippen LogP contribution in [0.25, 0.3) is 6.08 Å². The Labute approximate surface area is 97.9 Å². The molecule has 1 atom stereocenters. The van der Waals surface area contributed by atoms with Crippen LogP contribution in [0, 0.1) is 0 Å². The Morgan fingerprint density at radius 1 is 1.73 bits per heavy atom. The van der Waals surface area contributed by atoms with Gasteiger partial charge < -0.3 is 9.32 Å². The number of carbonyl (C=O) groups is 1. The number of furan rings is 1. The Bertz CT molecular complexity index is 386. The second-order valence-corrected chi connectivity index (χ2v) is 5.02. The van der Waals surface area contributed by atoms with Gasteiger partial charge in [0.25, 0.3) is 5.91 Å². The van der Waals surface area contributed by atoms with Crippen LogP contribution in [-0.4, -0.2) is 22.1 Å². The first-order valence-corrected chi connectivity index (χ1v) is 6.03. The van der Waals surface area contributed by atoms with E-state index >= 15 is 0 Å². The van der Waals surface area contributed by atoms with Crippen LogP contribution in [0.5, 0.6) is 0 Å². The summed E-state index contributed by atoms with van der Waals surface area (Å²) in [4.78, 5) is 14.2. The molecule has 0 spiro atoms. The van der Waals surface area contributed by atoms with Gasteiger partial charge in [0.15, 0.2) is 0 Å². The number of rotatable bonds is 2. The monoisotopic (exact) mass is 241 g/mol. The van der Waals surface area contributed by atoms with E-state index in [-0.39, 0.29) is 10.6 Å². The molecule has 1 fully saturated rings. The molecule has 2 heterocycles. The quantitative estimate of drug-likeness (QED) is 0.637. The van der Waals surface area contributed by atoms with Crippen molar-refractivity contribution in [1.29, 1.82) is 0 Å². The third-order valence-corrected chi connectivity index (χ3v) is 3.73. The summed E-state index contributed by atoms with van der Waals surface area (Å²) in [5.41, 5.74) is 0. The zero-order valence-electron chi connectivity index (χ0n) is 8.21. The van der Waals surface area contributed by atoms with Gasteiger partial charge in [-0.15, -0.1) is 12.6 Å². The van der Waals surface area contributed by atoms with E-state index in [9.17, 15) is 4.79 Å². The molecule has 0 radical (unpaired) electrons. The lowest BCUT2D eigenvalue weighted by atomic mass is 10.3. The summed E-state index contributed by atoms with van der Waals surface area (Å²) in [5.74, 6) is 0.725. The number of amides is 1. The summed E-state index contributed by atoms with van der Waals surface area (Å²) in [6.45, 7) is 2.62. The molecule has 1 amide bonds. The van der Waals surface area contributed by atoms with Crippen LogP contribution in [0.1, 0.15) is 12.7 Å². The van der Waals surface area contributed by atoms with E-state index in [2.05, 4.69) is 12.6 Å². The molecule has 1 saturated heterocycles. The standard InChI is InChI=1S/C10H11NO2S2/c1-2-11-9(12)8(15-10(11)14)6-7-4-3-5-13-7/h3-6,10,14H,2H2,1H3/b8-6+. The number of nitrogens with zero attached hydrogens (tertiary/aromatic N) is 1. The molecule has 0 aromatic carbocycles. The first-order valence-electron chi connectivity index (χ1n) is 4.63. The molecule has 3 nitrogen and oxygen atoms in total. The molecule has 1 aliphatic rings. The van der Waals surface area contributed by atoms with Crippen LogP contribution in [0.3, 0.4) is 0 Å². The van der Waals surface area contributed by atoms with Crippen molar-refractivity contribution in [2.75, 3.05) is 6.54 Å². The van der Waals surface area contributed by atoms with Crippen molar-refractivity contribution in [3.63, 3.8) is 0 Å².